The number of phenolic OH excluding ortho intramolecular Hbond substituents is 1. The van der Waals surface area contributed by atoms with Gasteiger partial charge >= 0.3 is 0 Å². The molecule has 4 heteroatoms. The number of nitrogens with zero attached hydrogens (tertiary/aromatic N) is 1. The average Bonchev–Trinajstić information content (AvgIpc) is 2.85. The van der Waals surface area contributed by atoms with Gasteiger partial charge in [0.2, 0.25) is 5.91 Å². The molecule has 0 fully saturated rings. The van der Waals surface area contributed by atoms with Crippen molar-refractivity contribution in [2.24, 2.45) is 0 Å². The molecule has 0 radical (unpaired) electrons. The minimum absolute atomic E-state index is 0.0197. The Bertz CT molecular complexity index is 961. The van der Waals surface area contributed by atoms with E-state index in [1.165, 1.54) is 0 Å². The van der Waals surface area contributed by atoms with Crippen LogP contribution in [0.4, 0.5) is 17.1 Å². The molecular formula is C23H20N2O2. The van der Waals surface area contributed by atoms with Crippen molar-refractivity contribution in [2.75, 3.05) is 16.8 Å². The number of para-hydroxylation sites is 2. The van der Waals surface area contributed by atoms with Crippen LogP contribution in [-0.4, -0.2) is 17.6 Å². The Morgan fingerprint density at radius 1 is 0.852 bits per heavy atom. The van der Waals surface area contributed by atoms with Gasteiger partial charge in [0.1, 0.15) is 5.75 Å². The smallest absolute Gasteiger partial charge is 0.233 e. The van der Waals surface area contributed by atoms with E-state index in [9.17, 15) is 9.90 Å². The maximum atomic E-state index is 13.1. The molecule has 0 aromatic heterocycles. The highest BCUT2D eigenvalue weighted by Gasteiger charge is 2.23. The van der Waals surface area contributed by atoms with Gasteiger partial charge in [-0.05, 0) is 35.4 Å². The van der Waals surface area contributed by atoms with E-state index in [-0.39, 0.29) is 11.7 Å². The van der Waals surface area contributed by atoms with E-state index in [1.54, 1.807) is 23.1 Å². The summed E-state index contributed by atoms with van der Waals surface area (Å²) in [5.74, 6) is 0.221. The van der Waals surface area contributed by atoms with Gasteiger partial charge in [-0.1, -0.05) is 54.6 Å². The van der Waals surface area contributed by atoms with Crippen molar-refractivity contribution in [3.05, 3.63) is 83.9 Å². The number of fused-ring (bicyclic) bond motifs is 2. The molecule has 1 heterocycles. The van der Waals surface area contributed by atoms with E-state index in [0.29, 0.717) is 13.0 Å². The number of nitrogens with one attached hydrogen (secondary N) is 1. The third-order valence-electron chi connectivity index (χ3n) is 4.56. The van der Waals surface area contributed by atoms with Crippen molar-refractivity contribution < 1.29 is 9.90 Å². The van der Waals surface area contributed by atoms with Gasteiger partial charge in [-0.2, -0.15) is 0 Å². The lowest BCUT2D eigenvalue weighted by atomic mass is 10.1. The molecule has 3 aromatic rings. The van der Waals surface area contributed by atoms with E-state index >= 15 is 0 Å². The molecule has 0 spiro atoms. The van der Waals surface area contributed by atoms with Crippen LogP contribution in [-0.2, 0) is 4.79 Å². The zero-order valence-electron chi connectivity index (χ0n) is 14.8. The van der Waals surface area contributed by atoms with Crippen molar-refractivity contribution in [1.29, 1.82) is 0 Å². The number of aromatic hydroxyl groups is 1. The number of phenols is 1. The number of carbonyl (C=O) groups is 1. The molecule has 0 saturated carbocycles. The standard InChI is InChI=1S/C23H20N2O2/c26-20-9-5-8-19(16-20)24-15-14-23(27)25-21-10-3-1-6-17(21)12-13-18-7-2-4-11-22(18)25/h1-13,16,24,26H,14-15H2. The van der Waals surface area contributed by atoms with E-state index in [4.69, 9.17) is 0 Å². The van der Waals surface area contributed by atoms with E-state index in [1.807, 2.05) is 66.7 Å². The van der Waals surface area contributed by atoms with Gasteiger partial charge in [-0.15, -0.1) is 0 Å². The van der Waals surface area contributed by atoms with Gasteiger partial charge in [-0.3, -0.25) is 9.69 Å². The molecule has 3 aromatic carbocycles. The minimum Gasteiger partial charge on any atom is -0.508 e. The monoisotopic (exact) mass is 356 g/mol. The molecule has 1 amide bonds. The van der Waals surface area contributed by atoms with Gasteiger partial charge in [0.05, 0.1) is 11.4 Å². The van der Waals surface area contributed by atoms with Crippen LogP contribution in [0.1, 0.15) is 17.5 Å². The number of amides is 1. The van der Waals surface area contributed by atoms with Crippen LogP contribution in [0.5, 0.6) is 5.75 Å². The second kappa shape index (κ2) is 7.38. The van der Waals surface area contributed by atoms with Crippen molar-refractivity contribution in [3.63, 3.8) is 0 Å². The molecule has 4 rings (SSSR count). The van der Waals surface area contributed by atoms with Crippen LogP contribution in [0.3, 0.4) is 0 Å². The summed E-state index contributed by atoms with van der Waals surface area (Å²) in [5, 5.41) is 12.7. The lowest BCUT2D eigenvalue weighted by molar-refractivity contribution is -0.117. The van der Waals surface area contributed by atoms with Gasteiger partial charge in [0.25, 0.3) is 0 Å². The molecule has 1 aliphatic heterocycles. The first-order valence-corrected chi connectivity index (χ1v) is 8.94. The Hall–Kier alpha value is -3.53. The molecule has 27 heavy (non-hydrogen) atoms. The third-order valence-corrected chi connectivity index (χ3v) is 4.56. The van der Waals surface area contributed by atoms with E-state index < -0.39 is 0 Å². The summed E-state index contributed by atoms with van der Waals surface area (Å²) < 4.78 is 0. The molecule has 1 aliphatic rings. The summed E-state index contributed by atoms with van der Waals surface area (Å²) >= 11 is 0. The summed E-state index contributed by atoms with van der Waals surface area (Å²) in [6.07, 6.45) is 4.43. The molecule has 4 nitrogen and oxygen atoms in total. The first-order chi connectivity index (χ1) is 13.2. The summed E-state index contributed by atoms with van der Waals surface area (Å²) in [6, 6.07) is 22.7. The average molecular weight is 356 g/mol. The van der Waals surface area contributed by atoms with Crippen LogP contribution >= 0.6 is 0 Å². The summed E-state index contributed by atoms with van der Waals surface area (Å²) in [7, 11) is 0. The molecular weight excluding hydrogens is 336 g/mol. The maximum absolute atomic E-state index is 13.1. The van der Waals surface area contributed by atoms with Gasteiger partial charge < -0.3 is 10.4 Å². The lowest BCUT2D eigenvalue weighted by Crippen LogP contribution is -2.28. The third kappa shape index (κ3) is 3.55. The molecule has 2 N–H and O–H groups in total. The number of benzene rings is 3. The Balaban J connectivity index is 1.58. The van der Waals surface area contributed by atoms with Gasteiger partial charge in [0.15, 0.2) is 0 Å². The minimum atomic E-state index is 0.0197. The Labute approximate surface area is 158 Å². The fourth-order valence-electron chi connectivity index (χ4n) is 3.28. The second-order valence-electron chi connectivity index (χ2n) is 6.41. The highest BCUT2D eigenvalue weighted by atomic mass is 16.3. The van der Waals surface area contributed by atoms with E-state index in [2.05, 4.69) is 5.32 Å². The quantitative estimate of drug-likeness (QED) is 0.688. The molecule has 0 atom stereocenters. The zero-order valence-corrected chi connectivity index (χ0v) is 14.8. The first-order valence-electron chi connectivity index (χ1n) is 8.94. The number of carbonyl (C=O) groups excluding carboxylic acids is 1. The van der Waals surface area contributed by atoms with Crippen LogP contribution in [0, 0.1) is 0 Å². The molecule has 0 saturated heterocycles. The van der Waals surface area contributed by atoms with Crippen molar-refractivity contribution in [2.45, 2.75) is 6.42 Å². The van der Waals surface area contributed by atoms with Crippen LogP contribution < -0.4 is 10.2 Å². The van der Waals surface area contributed by atoms with Crippen molar-refractivity contribution >= 4 is 35.1 Å². The SMILES string of the molecule is O=C(CCNc1cccc(O)c1)N1c2ccccc2C=Cc2ccccc21. The number of anilines is 3. The summed E-state index contributed by atoms with van der Waals surface area (Å²) in [6.45, 7) is 0.483. The maximum Gasteiger partial charge on any atom is 0.233 e. The highest BCUT2D eigenvalue weighted by molar-refractivity contribution is 6.06. The fourth-order valence-corrected chi connectivity index (χ4v) is 3.28. The number of hydrogen-bond donors (Lipinski definition) is 2. The Morgan fingerprint density at radius 2 is 1.48 bits per heavy atom. The van der Waals surface area contributed by atoms with Gasteiger partial charge in [0, 0.05) is 24.7 Å². The molecule has 0 unspecified atom stereocenters. The molecule has 134 valence electrons. The number of rotatable bonds is 4. The lowest BCUT2D eigenvalue weighted by Gasteiger charge is -2.25. The number of hydrogen-bond acceptors (Lipinski definition) is 3. The van der Waals surface area contributed by atoms with Crippen LogP contribution in [0.15, 0.2) is 72.8 Å². The summed E-state index contributed by atoms with van der Waals surface area (Å²) in [4.78, 5) is 14.9. The predicted octanol–water partition coefficient (Wildman–Crippen LogP) is 5.04. The van der Waals surface area contributed by atoms with Crippen LogP contribution in [0.25, 0.3) is 12.2 Å². The zero-order chi connectivity index (χ0) is 18.6. The topological polar surface area (TPSA) is 52.6 Å². The van der Waals surface area contributed by atoms with Crippen LogP contribution in [0.2, 0.25) is 0 Å². The van der Waals surface area contributed by atoms with Gasteiger partial charge in [-0.25, -0.2) is 0 Å². The summed E-state index contributed by atoms with van der Waals surface area (Å²) in [5.41, 5.74) is 4.61. The van der Waals surface area contributed by atoms with E-state index in [0.717, 1.165) is 28.2 Å². The first kappa shape index (κ1) is 16.9. The largest absolute Gasteiger partial charge is 0.508 e. The fraction of sp³-hybridized carbons (Fsp3) is 0.0870. The Morgan fingerprint density at radius 3 is 2.11 bits per heavy atom. The Kier molecular flexibility index (Phi) is 4.62. The highest BCUT2D eigenvalue weighted by Crippen LogP contribution is 2.36. The van der Waals surface area contributed by atoms with Crippen molar-refractivity contribution in [3.8, 4) is 5.75 Å². The normalized spacial score (nSPS) is 12.1. The molecule has 0 bridgehead atoms. The second-order valence-corrected chi connectivity index (χ2v) is 6.41. The predicted molar refractivity (Wildman–Crippen MR) is 110 cm³/mol. The van der Waals surface area contributed by atoms with Crippen molar-refractivity contribution in [1.82, 2.24) is 0 Å². The molecule has 0 aliphatic carbocycles.